The number of aromatic nitrogens is 2. The van der Waals surface area contributed by atoms with Crippen molar-refractivity contribution in [1.82, 2.24) is 15.5 Å². The molecule has 0 unspecified atom stereocenters. The molecule has 1 aromatic carbocycles. The summed E-state index contributed by atoms with van der Waals surface area (Å²) in [4.78, 5) is 16.6. The third-order valence-electron chi connectivity index (χ3n) is 3.35. The summed E-state index contributed by atoms with van der Waals surface area (Å²) in [5, 5.41) is 6.87. The third kappa shape index (κ3) is 4.91. The topological polar surface area (TPSA) is 68.0 Å². The van der Waals surface area contributed by atoms with E-state index >= 15 is 0 Å². The van der Waals surface area contributed by atoms with Crippen LogP contribution in [0.2, 0.25) is 0 Å². The lowest BCUT2D eigenvalue weighted by atomic mass is 9.81. The maximum absolute atomic E-state index is 12.4. The first-order valence-corrected chi connectivity index (χ1v) is 7.79. The number of amides is 1. The summed E-state index contributed by atoms with van der Waals surface area (Å²) in [6, 6.07) is 7.19. The summed E-state index contributed by atoms with van der Waals surface area (Å²) in [6.07, 6.45) is 0.894. The van der Waals surface area contributed by atoms with Crippen LogP contribution in [0.15, 0.2) is 28.8 Å². The number of nitrogens with one attached hydrogen (secondary N) is 1. The number of rotatable bonds is 4. The number of aryl methyl sites for hydroxylation is 1. The molecule has 0 fully saturated rings. The Hall–Kier alpha value is -2.17. The number of benzene rings is 1. The highest BCUT2D eigenvalue weighted by Gasteiger charge is 2.27. The fourth-order valence-corrected chi connectivity index (χ4v) is 2.93. The smallest absolute Gasteiger partial charge is 0.257 e. The second-order valence-corrected chi connectivity index (χ2v) is 7.80. The van der Waals surface area contributed by atoms with Gasteiger partial charge in [0, 0.05) is 16.7 Å². The van der Waals surface area contributed by atoms with E-state index in [-0.39, 0.29) is 16.9 Å². The van der Waals surface area contributed by atoms with Crippen LogP contribution in [-0.4, -0.2) is 21.6 Å². The van der Waals surface area contributed by atoms with Gasteiger partial charge in [0.1, 0.15) is 0 Å². The van der Waals surface area contributed by atoms with Gasteiger partial charge in [0.25, 0.3) is 11.8 Å². The molecule has 0 saturated heterocycles. The Morgan fingerprint density at radius 3 is 2.22 bits per heavy atom. The zero-order valence-electron chi connectivity index (χ0n) is 14.7. The molecular formula is C18H25N3O2. The predicted octanol–water partition coefficient (Wildman–Crippen LogP) is 3.99. The van der Waals surface area contributed by atoms with Crippen molar-refractivity contribution in [3.8, 4) is 11.5 Å². The molecule has 2 rings (SSSR count). The zero-order valence-corrected chi connectivity index (χ0v) is 14.7. The Labute approximate surface area is 137 Å². The summed E-state index contributed by atoms with van der Waals surface area (Å²) < 4.78 is 5.12. The van der Waals surface area contributed by atoms with Gasteiger partial charge in [0.2, 0.25) is 0 Å². The SMILES string of the molecule is Cc1noc(-c2ccc(C(=O)NC(C)(C)CC(C)(C)C)cc2)n1. The van der Waals surface area contributed by atoms with Crippen molar-refractivity contribution in [2.45, 2.75) is 53.5 Å². The summed E-state index contributed by atoms with van der Waals surface area (Å²) in [5.74, 6) is 0.973. The maximum atomic E-state index is 12.4. The van der Waals surface area contributed by atoms with Crippen LogP contribution in [0.1, 0.15) is 57.2 Å². The summed E-state index contributed by atoms with van der Waals surface area (Å²) >= 11 is 0. The minimum absolute atomic E-state index is 0.0764. The molecule has 1 heterocycles. The van der Waals surface area contributed by atoms with Crippen molar-refractivity contribution >= 4 is 5.91 Å². The van der Waals surface area contributed by atoms with Gasteiger partial charge in [-0.1, -0.05) is 25.9 Å². The molecule has 1 aromatic heterocycles. The third-order valence-corrected chi connectivity index (χ3v) is 3.35. The van der Waals surface area contributed by atoms with Crippen LogP contribution in [-0.2, 0) is 0 Å². The van der Waals surface area contributed by atoms with Gasteiger partial charge >= 0.3 is 0 Å². The molecule has 124 valence electrons. The molecule has 23 heavy (non-hydrogen) atoms. The monoisotopic (exact) mass is 315 g/mol. The molecule has 5 heteroatoms. The second kappa shape index (κ2) is 6.14. The van der Waals surface area contributed by atoms with E-state index in [1.165, 1.54) is 0 Å². The Bertz CT molecular complexity index is 679. The maximum Gasteiger partial charge on any atom is 0.257 e. The van der Waals surface area contributed by atoms with Crippen molar-refractivity contribution in [2.24, 2.45) is 5.41 Å². The average Bonchev–Trinajstić information content (AvgIpc) is 2.82. The van der Waals surface area contributed by atoms with Crippen LogP contribution >= 0.6 is 0 Å². The van der Waals surface area contributed by atoms with E-state index in [2.05, 4.69) is 36.2 Å². The minimum atomic E-state index is -0.266. The number of hydrogen-bond acceptors (Lipinski definition) is 4. The fraction of sp³-hybridized carbons (Fsp3) is 0.500. The largest absolute Gasteiger partial charge is 0.347 e. The highest BCUT2D eigenvalue weighted by atomic mass is 16.5. The van der Waals surface area contributed by atoms with Crippen molar-refractivity contribution in [3.05, 3.63) is 35.7 Å². The quantitative estimate of drug-likeness (QED) is 0.926. The number of hydrogen-bond donors (Lipinski definition) is 1. The molecule has 1 N–H and O–H groups in total. The normalized spacial score (nSPS) is 12.3. The highest BCUT2D eigenvalue weighted by molar-refractivity contribution is 5.95. The van der Waals surface area contributed by atoms with Crippen LogP contribution in [0, 0.1) is 12.3 Å². The molecule has 2 aromatic rings. The van der Waals surface area contributed by atoms with E-state index in [0.717, 1.165) is 12.0 Å². The number of carbonyl (C=O) groups is 1. The Morgan fingerprint density at radius 1 is 1.13 bits per heavy atom. The number of nitrogens with zero attached hydrogens (tertiary/aromatic N) is 2. The first-order valence-electron chi connectivity index (χ1n) is 7.79. The van der Waals surface area contributed by atoms with Crippen molar-refractivity contribution in [2.75, 3.05) is 0 Å². The van der Waals surface area contributed by atoms with Crippen molar-refractivity contribution in [1.29, 1.82) is 0 Å². The van der Waals surface area contributed by atoms with Crippen molar-refractivity contribution < 1.29 is 9.32 Å². The lowest BCUT2D eigenvalue weighted by Gasteiger charge is -2.33. The van der Waals surface area contributed by atoms with Crippen LogP contribution in [0.4, 0.5) is 0 Å². The van der Waals surface area contributed by atoms with E-state index < -0.39 is 0 Å². The van der Waals surface area contributed by atoms with Crippen LogP contribution in [0.25, 0.3) is 11.5 Å². The molecule has 0 atom stereocenters. The van der Waals surface area contributed by atoms with E-state index in [9.17, 15) is 4.79 Å². The summed E-state index contributed by atoms with van der Waals surface area (Å²) in [7, 11) is 0. The van der Waals surface area contributed by atoms with Gasteiger partial charge in [-0.2, -0.15) is 4.98 Å². The lowest BCUT2D eigenvalue weighted by molar-refractivity contribution is 0.0891. The molecule has 0 bridgehead atoms. The van der Waals surface area contributed by atoms with Gasteiger partial charge in [-0.05, 0) is 56.9 Å². The van der Waals surface area contributed by atoms with E-state index in [1.54, 1.807) is 19.1 Å². The van der Waals surface area contributed by atoms with Gasteiger partial charge in [0.05, 0.1) is 0 Å². The molecule has 0 aliphatic carbocycles. The lowest BCUT2D eigenvalue weighted by Crippen LogP contribution is -2.45. The zero-order chi connectivity index (χ0) is 17.3. The van der Waals surface area contributed by atoms with E-state index in [1.807, 2.05) is 26.0 Å². The Kier molecular flexibility index (Phi) is 4.59. The second-order valence-electron chi connectivity index (χ2n) is 7.80. The average molecular weight is 315 g/mol. The Morgan fingerprint density at radius 2 is 1.74 bits per heavy atom. The van der Waals surface area contributed by atoms with Crippen LogP contribution in [0.3, 0.4) is 0 Å². The summed E-state index contributed by atoms with van der Waals surface area (Å²) in [5.41, 5.74) is 1.30. The van der Waals surface area contributed by atoms with Gasteiger partial charge < -0.3 is 9.84 Å². The molecule has 0 saturated carbocycles. The molecule has 0 radical (unpaired) electrons. The van der Waals surface area contributed by atoms with Gasteiger partial charge in [0.15, 0.2) is 5.82 Å². The van der Waals surface area contributed by atoms with Gasteiger partial charge in [-0.15, -0.1) is 0 Å². The molecule has 1 amide bonds. The van der Waals surface area contributed by atoms with E-state index in [0.29, 0.717) is 17.3 Å². The van der Waals surface area contributed by atoms with Crippen LogP contribution in [0.5, 0.6) is 0 Å². The minimum Gasteiger partial charge on any atom is -0.347 e. The fourth-order valence-electron chi connectivity index (χ4n) is 2.93. The van der Waals surface area contributed by atoms with Crippen molar-refractivity contribution in [3.63, 3.8) is 0 Å². The van der Waals surface area contributed by atoms with Crippen LogP contribution < -0.4 is 5.32 Å². The molecule has 5 nitrogen and oxygen atoms in total. The summed E-state index contributed by atoms with van der Waals surface area (Å²) in [6.45, 7) is 12.4. The number of carbonyl (C=O) groups excluding carboxylic acids is 1. The molecular weight excluding hydrogens is 290 g/mol. The molecule has 0 spiro atoms. The Balaban J connectivity index is 2.08. The predicted molar refractivity (Wildman–Crippen MR) is 90.1 cm³/mol. The van der Waals surface area contributed by atoms with E-state index in [4.69, 9.17) is 4.52 Å². The first-order chi connectivity index (χ1) is 10.6. The van der Waals surface area contributed by atoms with Gasteiger partial charge in [-0.25, -0.2) is 0 Å². The molecule has 0 aliphatic heterocycles. The molecule has 0 aliphatic rings. The highest BCUT2D eigenvalue weighted by Crippen LogP contribution is 2.27. The first kappa shape index (κ1) is 17.2. The standard InChI is InChI=1S/C18H25N3O2/c1-12-19-16(23-21-12)14-9-7-13(8-10-14)15(22)20-18(5,6)11-17(2,3)4/h7-10H,11H2,1-6H3,(H,20,22). The van der Waals surface area contributed by atoms with Gasteiger partial charge in [-0.3, -0.25) is 4.79 Å².